The van der Waals surface area contributed by atoms with Crippen molar-refractivity contribution >= 4 is 28.1 Å². The number of fused-ring (bicyclic) bond motifs is 1. The first-order chi connectivity index (χ1) is 9.28. The zero-order chi connectivity index (χ0) is 13.2. The molecule has 0 radical (unpaired) electrons. The van der Waals surface area contributed by atoms with Gasteiger partial charge in [0.2, 0.25) is 6.79 Å². The molecule has 0 amide bonds. The van der Waals surface area contributed by atoms with Gasteiger partial charge in [-0.1, -0.05) is 17.7 Å². The van der Waals surface area contributed by atoms with Crippen molar-refractivity contribution in [2.24, 2.45) is 0 Å². The van der Waals surface area contributed by atoms with Gasteiger partial charge in [-0.15, -0.1) is 0 Å². The van der Waals surface area contributed by atoms with Crippen molar-refractivity contribution in [3.05, 3.63) is 34.5 Å². The van der Waals surface area contributed by atoms with Crippen molar-refractivity contribution in [1.82, 2.24) is 4.37 Å². The number of hydrogen-bond donors (Lipinski definition) is 1. The molecule has 0 unspecified atom stereocenters. The second-order valence-corrected chi connectivity index (χ2v) is 4.96. The number of aromatic nitrogens is 1. The lowest BCUT2D eigenvalue weighted by Crippen LogP contribution is -1.99. The molecule has 3 rings (SSSR count). The highest BCUT2D eigenvalue weighted by atomic mass is 35.5. The molecule has 0 saturated carbocycles. The van der Waals surface area contributed by atoms with Crippen LogP contribution >= 0.6 is 23.1 Å². The average molecular weight is 294 g/mol. The first kappa shape index (κ1) is 12.1. The van der Waals surface area contributed by atoms with E-state index in [9.17, 15) is 0 Å². The van der Waals surface area contributed by atoms with E-state index >= 15 is 0 Å². The highest BCUT2D eigenvalue weighted by molar-refractivity contribution is 7.10. The van der Waals surface area contributed by atoms with Crippen LogP contribution in [-0.4, -0.2) is 11.2 Å². The standard InChI is InChI=1S/C12H8ClN3O2S/c13-11-8(4-14)12(19-16-11)15-5-7-1-2-9-10(3-7)18-6-17-9/h1-3,15H,5-6H2. The van der Waals surface area contributed by atoms with Gasteiger partial charge in [0.15, 0.2) is 16.7 Å². The molecule has 0 bridgehead atoms. The van der Waals surface area contributed by atoms with Gasteiger partial charge >= 0.3 is 0 Å². The Morgan fingerprint density at radius 3 is 3.11 bits per heavy atom. The second kappa shape index (κ2) is 4.96. The number of ether oxygens (including phenoxy) is 2. The molecule has 0 atom stereocenters. The van der Waals surface area contributed by atoms with Gasteiger partial charge in [0.1, 0.15) is 16.6 Å². The van der Waals surface area contributed by atoms with E-state index in [1.807, 2.05) is 24.3 Å². The second-order valence-electron chi connectivity index (χ2n) is 3.83. The van der Waals surface area contributed by atoms with Crippen LogP contribution in [0.1, 0.15) is 11.1 Å². The lowest BCUT2D eigenvalue weighted by Gasteiger charge is -2.05. The topological polar surface area (TPSA) is 67.2 Å². The van der Waals surface area contributed by atoms with Gasteiger partial charge in [-0.2, -0.15) is 9.64 Å². The van der Waals surface area contributed by atoms with E-state index in [4.69, 9.17) is 26.3 Å². The van der Waals surface area contributed by atoms with Crippen molar-refractivity contribution < 1.29 is 9.47 Å². The Kier molecular flexibility index (Phi) is 3.15. The maximum absolute atomic E-state index is 8.97. The molecule has 1 aromatic heterocycles. The SMILES string of the molecule is N#Cc1c(Cl)nsc1NCc1ccc2c(c1)OCO2. The fourth-order valence-corrected chi connectivity index (χ4v) is 2.65. The number of nitriles is 1. The molecule has 96 valence electrons. The Morgan fingerprint density at radius 1 is 1.42 bits per heavy atom. The molecule has 2 heterocycles. The molecule has 7 heteroatoms. The zero-order valence-electron chi connectivity index (χ0n) is 9.64. The number of hydrogen-bond acceptors (Lipinski definition) is 6. The highest BCUT2D eigenvalue weighted by Gasteiger charge is 2.14. The van der Waals surface area contributed by atoms with Crippen LogP contribution in [0, 0.1) is 11.3 Å². The first-order valence-electron chi connectivity index (χ1n) is 5.45. The number of nitrogens with one attached hydrogen (secondary N) is 1. The summed E-state index contributed by atoms with van der Waals surface area (Å²) >= 11 is 6.98. The van der Waals surface area contributed by atoms with Gasteiger partial charge in [-0.25, -0.2) is 0 Å². The molecular weight excluding hydrogens is 286 g/mol. The van der Waals surface area contributed by atoms with Crippen LogP contribution in [0.25, 0.3) is 0 Å². The summed E-state index contributed by atoms with van der Waals surface area (Å²) < 4.78 is 14.5. The molecular formula is C12H8ClN3O2S. The van der Waals surface area contributed by atoms with Crippen LogP contribution in [0.2, 0.25) is 5.15 Å². The normalized spacial score (nSPS) is 12.2. The third-order valence-corrected chi connectivity index (χ3v) is 3.83. The summed E-state index contributed by atoms with van der Waals surface area (Å²) in [6, 6.07) is 7.74. The van der Waals surface area contributed by atoms with Crippen LogP contribution in [-0.2, 0) is 6.54 Å². The summed E-state index contributed by atoms with van der Waals surface area (Å²) in [5.74, 6) is 1.49. The molecule has 19 heavy (non-hydrogen) atoms. The van der Waals surface area contributed by atoms with Crippen molar-refractivity contribution in [3.8, 4) is 17.6 Å². The fourth-order valence-electron chi connectivity index (χ4n) is 1.72. The van der Waals surface area contributed by atoms with Gasteiger partial charge in [0.05, 0.1) is 0 Å². The largest absolute Gasteiger partial charge is 0.454 e. The monoisotopic (exact) mass is 293 g/mol. The van der Waals surface area contributed by atoms with Crippen molar-refractivity contribution in [1.29, 1.82) is 5.26 Å². The third kappa shape index (κ3) is 2.30. The highest BCUT2D eigenvalue weighted by Crippen LogP contribution is 2.33. The number of halogens is 1. The summed E-state index contributed by atoms with van der Waals surface area (Å²) in [4.78, 5) is 0. The molecule has 0 fully saturated rings. The van der Waals surface area contributed by atoms with E-state index in [2.05, 4.69) is 9.69 Å². The van der Waals surface area contributed by atoms with Crippen molar-refractivity contribution in [2.75, 3.05) is 12.1 Å². The number of benzene rings is 1. The maximum Gasteiger partial charge on any atom is 0.231 e. The third-order valence-electron chi connectivity index (χ3n) is 2.65. The molecule has 1 aliphatic heterocycles. The molecule has 0 saturated heterocycles. The average Bonchev–Trinajstić information content (AvgIpc) is 3.01. The van der Waals surface area contributed by atoms with Crippen LogP contribution in [0.5, 0.6) is 11.5 Å². The first-order valence-corrected chi connectivity index (χ1v) is 6.60. The number of nitrogens with zero attached hydrogens (tertiary/aromatic N) is 2. The minimum atomic E-state index is 0.237. The van der Waals surface area contributed by atoms with Crippen molar-refractivity contribution in [2.45, 2.75) is 6.54 Å². The predicted molar refractivity (Wildman–Crippen MR) is 71.7 cm³/mol. The molecule has 2 aromatic rings. The van der Waals surface area contributed by atoms with E-state index in [1.54, 1.807) is 0 Å². The lowest BCUT2D eigenvalue weighted by molar-refractivity contribution is 0.174. The van der Waals surface area contributed by atoms with Crippen LogP contribution in [0.3, 0.4) is 0 Å². The maximum atomic E-state index is 8.97. The van der Waals surface area contributed by atoms with Crippen LogP contribution in [0.15, 0.2) is 18.2 Å². The Bertz CT molecular complexity index is 665. The van der Waals surface area contributed by atoms with Crippen molar-refractivity contribution in [3.63, 3.8) is 0 Å². The smallest absolute Gasteiger partial charge is 0.231 e. The molecule has 1 aromatic carbocycles. The number of rotatable bonds is 3. The summed E-state index contributed by atoms with van der Waals surface area (Å²) in [6.07, 6.45) is 0. The summed E-state index contributed by atoms with van der Waals surface area (Å²) in [5, 5.41) is 13.0. The van der Waals surface area contributed by atoms with Gasteiger partial charge in [0, 0.05) is 6.54 Å². The van der Waals surface area contributed by atoms with E-state index in [-0.39, 0.29) is 11.9 Å². The van der Waals surface area contributed by atoms with E-state index in [0.717, 1.165) is 17.1 Å². The Balaban J connectivity index is 1.74. The quantitative estimate of drug-likeness (QED) is 0.942. The van der Waals surface area contributed by atoms with Crippen LogP contribution in [0.4, 0.5) is 5.00 Å². The van der Waals surface area contributed by atoms with Gasteiger partial charge in [-0.05, 0) is 29.2 Å². The Hall–Kier alpha value is -1.97. The molecule has 0 spiro atoms. The summed E-state index contributed by atoms with van der Waals surface area (Å²) in [7, 11) is 0. The minimum Gasteiger partial charge on any atom is -0.454 e. The zero-order valence-corrected chi connectivity index (χ0v) is 11.2. The van der Waals surface area contributed by atoms with Gasteiger partial charge < -0.3 is 14.8 Å². The Labute approximate surface area is 118 Å². The fraction of sp³-hybridized carbons (Fsp3) is 0.167. The van der Waals surface area contributed by atoms with E-state index in [0.29, 0.717) is 17.1 Å². The molecule has 0 aliphatic carbocycles. The Morgan fingerprint density at radius 2 is 2.26 bits per heavy atom. The summed E-state index contributed by atoms with van der Waals surface area (Å²) in [6.45, 7) is 0.819. The van der Waals surface area contributed by atoms with E-state index < -0.39 is 0 Å². The number of anilines is 1. The molecule has 1 aliphatic rings. The van der Waals surface area contributed by atoms with E-state index in [1.165, 1.54) is 11.5 Å². The summed E-state index contributed by atoms with van der Waals surface area (Å²) in [5.41, 5.74) is 1.41. The van der Waals surface area contributed by atoms with Gasteiger partial charge in [-0.3, -0.25) is 0 Å². The lowest BCUT2D eigenvalue weighted by atomic mass is 10.2. The van der Waals surface area contributed by atoms with Gasteiger partial charge in [0.25, 0.3) is 0 Å². The minimum absolute atomic E-state index is 0.237. The predicted octanol–water partition coefficient (Wildman–Crippen LogP) is 3.01. The molecule has 5 nitrogen and oxygen atoms in total. The molecule has 1 N–H and O–H groups in total. The van der Waals surface area contributed by atoms with Crippen LogP contribution < -0.4 is 14.8 Å².